The van der Waals surface area contributed by atoms with E-state index in [1.807, 2.05) is 30.5 Å². The van der Waals surface area contributed by atoms with Crippen LogP contribution >= 0.6 is 34.7 Å². The topological polar surface area (TPSA) is 137 Å². The van der Waals surface area contributed by atoms with E-state index in [9.17, 15) is 4.79 Å². The van der Waals surface area contributed by atoms with Crippen LogP contribution < -0.4 is 11.2 Å². The SMILES string of the molecule is Cc1ccsc1/C=N\NC(=O)c1nnn(-c2nonc2N)c1CSc1ccc(Cl)cc1. The average molecular weight is 475 g/mol. The highest BCUT2D eigenvalue weighted by molar-refractivity contribution is 7.98. The minimum atomic E-state index is -0.515. The third-order valence-corrected chi connectivity index (χ3v) is 6.34. The monoisotopic (exact) mass is 474 g/mol. The van der Waals surface area contributed by atoms with Crippen LogP contribution in [0.5, 0.6) is 0 Å². The highest BCUT2D eigenvalue weighted by Crippen LogP contribution is 2.27. The fraction of sp³-hybridized carbons (Fsp3) is 0.111. The number of nitrogens with one attached hydrogen (secondary N) is 1. The number of amides is 1. The number of rotatable bonds is 7. The molecular formula is C18H15ClN8O2S2. The van der Waals surface area contributed by atoms with Crippen LogP contribution in [0.15, 0.2) is 50.3 Å². The Morgan fingerprint density at radius 2 is 2.16 bits per heavy atom. The Kier molecular flexibility index (Phi) is 6.30. The van der Waals surface area contributed by atoms with Crippen molar-refractivity contribution in [3.05, 3.63) is 62.6 Å². The normalized spacial score (nSPS) is 11.3. The minimum Gasteiger partial charge on any atom is -0.378 e. The Balaban J connectivity index is 1.59. The number of thiophene rings is 1. The molecule has 0 saturated carbocycles. The molecule has 0 spiro atoms. The zero-order chi connectivity index (χ0) is 21.8. The molecule has 158 valence electrons. The molecule has 0 unspecified atom stereocenters. The summed E-state index contributed by atoms with van der Waals surface area (Å²) in [6.45, 7) is 1.97. The van der Waals surface area contributed by atoms with Crippen LogP contribution in [-0.2, 0) is 5.75 Å². The maximum absolute atomic E-state index is 12.7. The number of hydrazone groups is 1. The molecule has 0 aliphatic heterocycles. The van der Waals surface area contributed by atoms with Crippen LogP contribution in [0.4, 0.5) is 5.82 Å². The van der Waals surface area contributed by atoms with Crippen molar-refractivity contribution in [2.75, 3.05) is 5.73 Å². The van der Waals surface area contributed by atoms with Crippen LogP contribution in [-0.4, -0.2) is 37.4 Å². The van der Waals surface area contributed by atoms with Crippen LogP contribution in [0.3, 0.4) is 0 Å². The highest BCUT2D eigenvalue weighted by Gasteiger charge is 2.24. The standard InChI is InChI=1S/C18H15ClN8O2S2/c1-10-6-7-30-14(10)8-21-23-18(28)15-13(9-31-12-4-2-11(19)3-5-12)27(26-22-15)17-16(20)24-29-25-17/h2-8H,9H2,1H3,(H2,20,24)(H,23,28)/b21-8-. The Hall–Kier alpha value is -3.22. The number of nitrogens with two attached hydrogens (primary N) is 1. The van der Waals surface area contributed by atoms with Crippen LogP contribution in [0.1, 0.15) is 26.6 Å². The smallest absolute Gasteiger partial charge is 0.293 e. The molecule has 0 aliphatic rings. The highest BCUT2D eigenvalue weighted by atomic mass is 35.5. The molecule has 1 aromatic carbocycles. The van der Waals surface area contributed by atoms with E-state index in [1.54, 1.807) is 18.3 Å². The molecule has 3 heterocycles. The molecular weight excluding hydrogens is 460 g/mol. The van der Waals surface area contributed by atoms with Gasteiger partial charge in [0.05, 0.1) is 11.9 Å². The van der Waals surface area contributed by atoms with E-state index in [4.69, 9.17) is 17.3 Å². The average Bonchev–Trinajstić information content (AvgIpc) is 3.47. The minimum absolute atomic E-state index is 0.0285. The van der Waals surface area contributed by atoms with Crippen LogP contribution in [0.25, 0.3) is 5.82 Å². The van der Waals surface area contributed by atoms with Crippen molar-refractivity contribution in [1.82, 2.24) is 30.7 Å². The lowest BCUT2D eigenvalue weighted by atomic mass is 10.3. The molecule has 3 aromatic heterocycles. The van der Waals surface area contributed by atoms with Gasteiger partial charge in [-0.2, -0.15) is 9.78 Å². The molecule has 0 fully saturated rings. The number of carbonyl (C=O) groups excluding carboxylic acids is 1. The van der Waals surface area contributed by atoms with E-state index in [0.29, 0.717) is 16.5 Å². The summed E-state index contributed by atoms with van der Waals surface area (Å²) in [7, 11) is 0. The quantitative estimate of drug-likeness (QED) is 0.236. The maximum Gasteiger partial charge on any atom is 0.293 e. The van der Waals surface area contributed by atoms with Gasteiger partial charge in [-0.3, -0.25) is 4.79 Å². The molecule has 0 atom stereocenters. The summed E-state index contributed by atoms with van der Waals surface area (Å²) in [6.07, 6.45) is 1.59. The van der Waals surface area contributed by atoms with Gasteiger partial charge in [0.25, 0.3) is 5.91 Å². The number of aryl methyl sites for hydroxylation is 1. The molecule has 0 aliphatic carbocycles. The molecule has 0 bridgehead atoms. The predicted molar refractivity (Wildman–Crippen MR) is 119 cm³/mol. The molecule has 31 heavy (non-hydrogen) atoms. The summed E-state index contributed by atoms with van der Waals surface area (Å²) >= 11 is 8.93. The van der Waals surface area contributed by atoms with Gasteiger partial charge in [0.2, 0.25) is 11.6 Å². The summed E-state index contributed by atoms with van der Waals surface area (Å²) < 4.78 is 5.99. The summed E-state index contributed by atoms with van der Waals surface area (Å²) in [5, 5.41) is 21.9. The first-order chi connectivity index (χ1) is 15.0. The summed E-state index contributed by atoms with van der Waals surface area (Å²) in [4.78, 5) is 14.6. The number of halogens is 1. The second-order valence-corrected chi connectivity index (χ2v) is 8.61. The maximum atomic E-state index is 12.7. The third kappa shape index (κ3) is 4.76. The van der Waals surface area contributed by atoms with Crippen molar-refractivity contribution in [1.29, 1.82) is 0 Å². The van der Waals surface area contributed by atoms with E-state index >= 15 is 0 Å². The van der Waals surface area contributed by atoms with Crippen molar-refractivity contribution >= 4 is 52.6 Å². The second-order valence-electron chi connectivity index (χ2n) is 6.18. The number of hydrogen-bond acceptors (Lipinski definition) is 10. The number of anilines is 1. The van der Waals surface area contributed by atoms with Gasteiger partial charge in [-0.1, -0.05) is 16.8 Å². The fourth-order valence-electron chi connectivity index (χ4n) is 2.52. The molecule has 4 rings (SSSR count). The van der Waals surface area contributed by atoms with E-state index in [1.165, 1.54) is 27.8 Å². The van der Waals surface area contributed by atoms with Gasteiger partial charge < -0.3 is 5.73 Å². The first kappa shape index (κ1) is 21.0. The first-order valence-corrected chi connectivity index (χ1v) is 11.1. The first-order valence-electron chi connectivity index (χ1n) is 8.81. The lowest BCUT2D eigenvalue weighted by Crippen LogP contribution is -2.20. The molecule has 0 radical (unpaired) electrons. The van der Waals surface area contributed by atoms with Gasteiger partial charge in [0, 0.05) is 20.5 Å². The van der Waals surface area contributed by atoms with Crippen molar-refractivity contribution < 1.29 is 9.42 Å². The Morgan fingerprint density at radius 1 is 1.35 bits per heavy atom. The molecule has 10 nitrogen and oxygen atoms in total. The molecule has 4 aromatic rings. The Labute approximate surface area is 189 Å². The number of nitrogens with zero attached hydrogens (tertiary/aromatic N) is 6. The molecule has 13 heteroatoms. The Morgan fingerprint density at radius 3 is 2.84 bits per heavy atom. The lowest BCUT2D eigenvalue weighted by Gasteiger charge is -2.06. The van der Waals surface area contributed by atoms with Crippen molar-refractivity contribution in [2.24, 2.45) is 5.10 Å². The van der Waals surface area contributed by atoms with Crippen LogP contribution in [0, 0.1) is 6.92 Å². The number of hydrogen-bond donors (Lipinski definition) is 2. The van der Waals surface area contributed by atoms with Crippen LogP contribution in [0.2, 0.25) is 5.02 Å². The molecule has 3 N–H and O–H groups in total. The van der Waals surface area contributed by atoms with Crippen molar-refractivity contribution in [3.8, 4) is 5.82 Å². The van der Waals surface area contributed by atoms with Crippen molar-refractivity contribution in [3.63, 3.8) is 0 Å². The van der Waals surface area contributed by atoms with Crippen molar-refractivity contribution in [2.45, 2.75) is 17.6 Å². The fourth-order valence-corrected chi connectivity index (χ4v) is 4.32. The van der Waals surface area contributed by atoms with E-state index in [2.05, 4.69) is 35.8 Å². The number of thioether (sulfide) groups is 1. The zero-order valence-electron chi connectivity index (χ0n) is 16.0. The summed E-state index contributed by atoms with van der Waals surface area (Å²) in [6, 6.07) is 9.30. The second kappa shape index (κ2) is 9.29. The van der Waals surface area contributed by atoms with Gasteiger partial charge in [-0.05, 0) is 58.5 Å². The number of benzene rings is 1. The van der Waals surface area contributed by atoms with E-state index in [0.717, 1.165) is 15.3 Å². The largest absolute Gasteiger partial charge is 0.378 e. The van der Waals surface area contributed by atoms with Gasteiger partial charge in [0.1, 0.15) is 0 Å². The van der Waals surface area contributed by atoms with Gasteiger partial charge in [-0.25, -0.2) is 10.1 Å². The van der Waals surface area contributed by atoms with Gasteiger partial charge in [-0.15, -0.1) is 28.2 Å². The summed E-state index contributed by atoms with van der Waals surface area (Å²) in [5.41, 5.74) is 9.91. The number of nitrogen functional groups attached to an aromatic ring is 1. The predicted octanol–water partition coefficient (Wildman–Crippen LogP) is 3.31. The van der Waals surface area contributed by atoms with Gasteiger partial charge >= 0.3 is 0 Å². The van der Waals surface area contributed by atoms with E-state index < -0.39 is 5.91 Å². The number of carbonyl (C=O) groups is 1. The van der Waals surface area contributed by atoms with Gasteiger partial charge in [0.15, 0.2) is 5.69 Å². The zero-order valence-corrected chi connectivity index (χ0v) is 18.4. The molecule has 0 saturated heterocycles. The Bertz CT molecular complexity index is 1230. The summed E-state index contributed by atoms with van der Waals surface area (Å²) in [5.74, 6) is 0.00690. The lowest BCUT2D eigenvalue weighted by molar-refractivity contribution is 0.0949. The van der Waals surface area contributed by atoms with E-state index in [-0.39, 0.29) is 17.3 Å². The number of aromatic nitrogens is 5. The third-order valence-electron chi connectivity index (χ3n) is 4.11. The molecule has 1 amide bonds.